The Labute approximate surface area is 98.2 Å². The number of carbonyl (C=O) groups is 2. The minimum Gasteiger partial charge on any atom is -0.366 e. The van der Waals surface area contributed by atoms with Gasteiger partial charge in [-0.1, -0.05) is 0 Å². The minimum atomic E-state index is -0.743. The minimum absolute atomic E-state index is 0.0212. The van der Waals surface area contributed by atoms with Gasteiger partial charge in [-0.25, -0.2) is 4.39 Å². The number of halogens is 1. The number of primary amides is 1. The van der Waals surface area contributed by atoms with Crippen LogP contribution >= 0.6 is 0 Å². The number of amides is 2. The van der Waals surface area contributed by atoms with Crippen molar-refractivity contribution in [1.82, 2.24) is 5.32 Å². The smallest absolute Gasteiger partial charge is 0.248 e. The molecule has 0 aliphatic rings. The molecule has 2 amide bonds. The molecule has 1 aromatic rings. The van der Waals surface area contributed by atoms with Gasteiger partial charge in [0.25, 0.3) is 0 Å². The van der Waals surface area contributed by atoms with Gasteiger partial charge in [0.05, 0.1) is 6.54 Å². The zero-order chi connectivity index (χ0) is 13.0. The molecule has 0 spiro atoms. The van der Waals surface area contributed by atoms with Crippen LogP contribution in [0.25, 0.3) is 0 Å². The van der Waals surface area contributed by atoms with E-state index in [-0.39, 0.29) is 29.3 Å². The highest BCUT2D eigenvalue weighted by Crippen LogP contribution is 2.20. The van der Waals surface area contributed by atoms with Crippen LogP contribution in [0.3, 0.4) is 0 Å². The van der Waals surface area contributed by atoms with Crippen LogP contribution in [0.1, 0.15) is 15.9 Å². The molecule has 0 fully saturated rings. The van der Waals surface area contributed by atoms with Crippen molar-refractivity contribution in [2.24, 2.45) is 5.73 Å². The van der Waals surface area contributed by atoms with E-state index in [1.54, 1.807) is 7.05 Å². The number of benzene rings is 1. The van der Waals surface area contributed by atoms with Crippen LogP contribution in [0.15, 0.2) is 12.1 Å². The Morgan fingerprint density at radius 3 is 2.59 bits per heavy atom. The molecule has 0 saturated carbocycles. The molecule has 1 aromatic carbocycles. The molecular weight excluding hydrogens is 225 g/mol. The van der Waals surface area contributed by atoms with Crippen LogP contribution in [-0.4, -0.2) is 25.4 Å². The molecule has 0 atom stereocenters. The predicted octanol–water partition coefficient (Wildman–Crippen LogP) is 0.391. The number of nitrogens with two attached hydrogens (primary N) is 1. The van der Waals surface area contributed by atoms with Gasteiger partial charge in [-0.2, -0.15) is 0 Å². The first-order chi connectivity index (χ1) is 7.95. The molecule has 0 aromatic heterocycles. The van der Waals surface area contributed by atoms with Gasteiger partial charge in [-0.05, 0) is 26.1 Å². The summed E-state index contributed by atoms with van der Waals surface area (Å²) in [5.74, 6) is -1.65. The average Bonchev–Trinajstić information content (AvgIpc) is 2.24. The molecule has 5 nitrogen and oxygen atoms in total. The molecule has 92 valence electrons. The van der Waals surface area contributed by atoms with Gasteiger partial charge < -0.3 is 16.4 Å². The maximum Gasteiger partial charge on any atom is 0.248 e. The maximum atomic E-state index is 13.5. The third kappa shape index (κ3) is 3.25. The Bertz CT molecular complexity index is 460. The first kappa shape index (κ1) is 13.1. The fourth-order valence-electron chi connectivity index (χ4n) is 1.31. The second kappa shape index (κ2) is 5.40. The molecule has 0 saturated heterocycles. The molecular formula is C11H14FN3O2. The van der Waals surface area contributed by atoms with Crippen LogP contribution in [0.2, 0.25) is 0 Å². The van der Waals surface area contributed by atoms with E-state index in [1.807, 2.05) is 0 Å². The van der Waals surface area contributed by atoms with E-state index in [0.717, 1.165) is 6.07 Å². The Morgan fingerprint density at radius 1 is 1.41 bits per heavy atom. The van der Waals surface area contributed by atoms with Gasteiger partial charge in [-0.15, -0.1) is 0 Å². The normalized spacial score (nSPS) is 10.1. The quantitative estimate of drug-likeness (QED) is 0.710. The van der Waals surface area contributed by atoms with E-state index in [0.29, 0.717) is 0 Å². The largest absolute Gasteiger partial charge is 0.366 e. The van der Waals surface area contributed by atoms with Gasteiger partial charge in [0, 0.05) is 16.8 Å². The maximum absolute atomic E-state index is 13.5. The van der Waals surface area contributed by atoms with Crippen LogP contribution < -0.4 is 16.4 Å². The number of rotatable bonds is 4. The van der Waals surface area contributed by atoms with E-state index < -0.39 is 11.7 Å². The molecule has 17 heavy (non-hydrogen) atoms. The second-order valence-corrected chi connectivity index (χ2v) is 3.57. The summed E-state index contributed by atoms with van der Waals surface area (Å²) in [6, 6.07) is 2.40. The molecule has 1 rings (SSSR count). The van der Waals surface area contributed by atoms with Gasteiger partial charge >= 0.3 is 0 Å². The molecule has 6 heteroatoms. The van der Waals surface area contributed by atoms with E-state index >= 15 is 0 Å². The van der Waals surface area contributed by atoms with Crippen LogP contribution in [0, 0.1) is 12.7 Å². The van der Waals surface area contributed by atoms with Crippen molar-refractivity contribution >= 4 is 17.5 Å². The lowest BCUT2D eigenvalue weighted by Gasteiger charge is -2.10. The first-order valence-electron chi connectivity index (χ1n) is 5.00. The number of likely N-dealkylation sites (N-methyl/N-ethyl adjacent to an activating group) is 1. The van der Waals surface area contributed by atoms with Gasteiger partial charge in [0.2, 0.25) is 11.8 Å². The lowest BCUT2D eigenvalue weighted by molar-refractivity contribution is -0.115. The standard InChI is InChI=1S/C11H14FN3O2/c1-6-8(12)3-7(11(13)17)4-9(6)15-10(16)5-14-2/h3-4,14H,5H2,1-2H3,(H2,13,17)(H,15,16). The van der Waals surface area contributed by atoms with Crippen LogP contribution in [0.5, 0.6) is 0 Å². The number of carbonyl (C=O) groups excluding carboxylic acids is 2. The van der Waals surface area contributed by atoms with Crippen LogP contribution in [0.4, 0.5) is 10.1 Å². The SMILES string of the molecule is CNCC(=O)Nc1cc(C(N)=O)cc(F)c1C. The lowest BCUT2D eigenvalue weighted by Crippen LogP contribution is -2.25. The molecule has 0 radical (unpaired) electrons. The zero-order valence-electron chi connectivity index (χ0n) is 9.63. The number of hydrogen-bond donors (Lipinski definition) is 3. The monoisotopic (exact) mass is 239 g/mol. The van der Waals surface area contributed by atoms with E-state index in [2.05, 4.69) is 10.6 Å². The van der Waals surface area contributed by atoms with Crippen molar-refractivity contribution in [3.05, 3.63) is 29.1 Å². The summed E-state index contributed by atoms with van der Waals surface area (Å²) in [7, 11) is 1.62. The van der Waals surface area contributed by atoms with E-state index in [1.165, 1.54) is 13.0 Å². The topological polar surface area (TPSA) is 84.2 Å². The second-order valence-electron chi connectivity index (χ2n) is 3.57. The highest BCUT2D eigenvalue weighted by atomic mass is 19.1. The highest BCUT2D eigenvalue weighted by molar-refractivity contribution is 5.97. The summed E-state index contributed by atoms with van der Waals surface area (Å²) >= 11 is 0. The summed E-state index contributed by atoms with van der Waals surface area (Å²) in [5.41, 5.74) is 5.59. The molecule has 0 unspecified atom stereocenters. The van der Waals surface area contributed by atoms with E-state index in [9.17, 15) is 14.0 Å². The average molecular weight is 239 g/mol. The molecule has 4 N–H and O–H groups in total. The van der Waals surface area contributed by atoms with Gasteiger partial charge in [-0.3, -0.25) is 9.59 Å². The van der Waals surface area contributed by atoms with Crippen molar-refractivity contribution in [3.8, 4) is 0 Å². The zero-order valence-corrected chi connectivity index (χ0v) is 9.63. The lowest BCUT2D eigenvalue weighted by atomic mass is 10.1. The van der Waals surface area contributed by atoms with Crippen molar-refractivity contribution < 1.29 is 14.0 Å². The fraction of sp³-hybridized carbons (Fsp3) is 0.273. The number of hydrogen-bond acceptors (Lipinski definition) is 3. The van der Waals surface area contributed by atoms with Crippen molar-refractivity contribution in [1.29, 1.82) is 0 Å². The summed E-state index contributed by atoms with van der Waals surface area (Å²) < 4.78 is 13.5. The summed E-state index contributed by atoms with van der Waals surface area (Å²) in [6.07, 6.45) is 0. The van der Waals surface area contributed by atoms with Gasteiger partial charge in [0.15, 0.2) is 0 Å². The number of nitrogens with one attached hydrogen (secondary N) is 2. The third-order valence-electron chi connectivity index (χ3n) is 2.24. The van der Waals surface area contributed by atoms with Crippen LogP contribution in [-0.2, 0) is 4.79 Å². The first-order valence-corrected chi connectivity index (χ1v) is 5.00. The predicted molar refractivity (Wildman–Crippen MR) is 62.2 cm³/mol. The Balaban J connectivity index is 3.05. The van der Waals surface area contributed by atoms with Crippen molar-refractivity contribution in [3.63, 3.8) is 0 Å². The fourth-order valence-corrected chi connectivity index (χ4v) is 1.31. The highest BCUT2D eigenvalue weighted by Gasteiger charge is 2.12. The molecule has 0 aliphatic carbocycles. The molecule has 0 bridgehead atoms. The summed E-state index contributed by atoms with van der Waals surface area (Å²) in [6.45, 7) is 1.61. The Hall–Kier alpha value is -1.95. The number of anilines is 1. The summed E-state index contributed by atoms with van der Waals surface area (Å²) in [4.78, 5) is 22.3. The Morgan fingerprint density at radius 2 is 2.06 bits per heavy atom. The third-order valence-corrected chi connectivity index (χ3v) is 2.24. The Kier molecular flexibility index (Phi) is 4.17. The molecule has 0 heterocycles. The van der Waals surface area contributed by atoms with E-state index in [4.69, 9.17) is 5.73 Å². The summed E-state index contributed by atoms with van der Waals surface area (Å²) in [5, 5.41) is 5.16. The van der Waals surface area contributed by atoms with Gasteiger partial charge in [0.1, 0.15) is 5.82 Å². The van der Waals surface area contributed by atoms with Crippen molar-refractivity contribution in [2.75, 3.05) is 18.9 Å². The molecule has 0 aliphatic heterocycles. The van der Waals surface area contributed by atoms with Crippen molar-refractivity contribution in [2.45, 2.75) is 6.92 Å².